The molecule has 25 heavy (non-hydrogen) atoms. The van der Waals surface area contributed by atoms with Crippen molar-refractivity contribution in [3.63, 3.8) is 0 Å². The van der Waals surface area contributed by atoms with Crippen LogP contribution >= 0.6 is 34.4 Å². The van der Waals surface area contributed by atoms with E-state index in [2.05, 4.69) is 51.1 Å². The van der Waals surface area contributed by atoms with Crippen LogP contribution in [0.5, 0.6) is 0 Å². The van der Waals surface area contributed by atoms with Crippen LogP contribution in [0.3, 0.4) is 0 Å². The molecule has 1 heterocycles. The largest absolute Gasteiger partial charge is 0.325 e. The number of halogens is 1. The van der Waals surface area contributed by atoms with Crippen LogP contribution in [0.4, 0.5) is 5.69 Å². The molecule has 0 saturated heterocycles. The Morgan fingerprint density at radius 3 is 2.88 bits per heavy atom. The van der Waals surface area contributed by atoms with Crippen molar-refractivity contribution < 1.29 is 4.79 Å². The molecule has 0 radical (unpaired) electrons. The molecule has 7 heteroatoms. The molecule has 5 nitrogen and oxygen atoms in total. The van der Waals surface area contributed by atoms with Crippen molar-refractivity contribution in [1.82, 2.24) is 14.8 Å². The van der Waals surface area contributed by atoms with Crippen LogP contribution in [0.2, 0.25) is 0 Å². The zero-order valence-corrected chi connectivity index (χ0v) is 16.6. The molecule has 0 atom stereocenters. The first-order valence-corrected chi connectivity index (χ1v) is 9.90. The van der Waals surface area contributed by atoms with Crippen molar-refractivity contribution in [2.75, 3.05) is 11.1 Å². The molecule has 0 bridgehead atoms. The summed E-state index contributed by atoms with van der Waals surface area (Å²) < 4.78 is 3.02. The quantitative estimate of drug-likeness (QED) is 0.440. The van der Waals surface area contributed by atoms with E-state index in [4.69, 9.17) is 0 Å². The fourth-order valence-electron chi connectivity index (χ4n) is 2.43. The number of nitrogens with one attached hydrogen (secondary N) is 1. The SMILES string of the molecule is CCc1ccccc1-n1cnnc1SCC(=O)Nc1cccc(I)c1. The molecule has 128 valence electrons. The van der Waals surface area contributed by atoms with Gasteiger partial charge in [0.05, 0.1) is 11.4 Å². The Morgan fingerprint density at radius 2 is 2.08 bits per heavy atom. The number of rotatable bonds is 6. The van der Waals surface area contributed by atoms with E-state index in [0.29, 0.717) is 5.16 Å². The molecule has 1 N–H and O–H groups in total. The van der Waals surface area contributed by atoms with Gasteiger partial charge in [0.1, 0.15) is 6.33 Å². The van der Waals surface area contributed by atoms with Gasteiger partial charge in [0.25, 0.3) is 0 Å². The lowest BCUT2D eigenvalue weighted by Gasteiger charge is -2.10. The van der Waals surface area contributed by atoms with Crippen molar-refractivity contribution in [2.24, 2.45) is 0 Å². The minimum absolute atomic E-state index is 0.0645. The van der Waals surface area contributed by atoms with E-state index in [1.165, 1.54) is 17.3 Å². The van der Waals surface area contributed by atoms with Gasteiger partial charge < -0.3 is 5.32 Å². The van der Waals surface area contributed by atoms with Crippen LogP contribution in [0.15, 0.2) is 60.0 Å². The molecule has 0 unspecified atom stereocenters. The minimum Gasteiger partial charge on any atom is -0.325 e. The maximum atomic E-state index is 12.2. The van der Waals surface area contributed by atoms with Crippen molar-refractivity contribution >= 4 is 45.9 Å². The standard InChI is InChI=1S/C18H17IN4OS/c1-2-13-6-3-4-9-16(13)23-12-20-22-18(23)25-11-17(24)21-15-8-5-7-14(19)10-15/h3-10,12H,2,11H2,1H3,(H,21,24). The molecule has 2 aromatic carbocycles. The van der Waals surface area contributed by atoms with Gasteiger partial charge in [-0.2, -0.15) is 0 Å². The third-order valence-electron chi connectivity index (χ3n) is 3.59. The molecule has 3 rings (SSSR count). The lowest BCUT2D eigenvalue weighted by molar-refractivity contribution is -0.113. The van der Waals surface area contributed by atoms with Gasteiger partial charge in [-0.3, -0.25) is 9.36 Å². The Morgan fingerprint density at radius 1 is 1.24 bits per heavy atom. The van der Waals surface area contributed by atoms with Gasteiger partial charge in [0.15, 0.2) is 5.16 Å². The summed E-state index contributed by atoms with van der Waals surface area (Å²) in [5.74, 6) is 0.212. The number of benzene rings is 2. The number of thioether (sulfide) groups is 1. The van der Waals surface area contributed by atoms with Gasteiger partial charge in [-0.15, -0.1) is 10.2 Å². The second-order valence-electron chi connectivity index (χ2n) is 5.31. The first-order valence-electron chi connectivity index (χ1n) is 7.84. The number of para-hydroxylation sites is 1. The molecular weight excluding hydrogens is 447 g/mol. The zero-order valence-electron chi connectivity index (χ0n) is 13.6. The fraction of sp³-hybridized carbons (Fsp3) is 0.167. The summed E-state index contributed by atoms with van der Waals surface area (Å²) >= 11 is 3.60. The normalized spacial score (nSPS) is 10.6. The average molecular weight is 464 g/mol. The first kappa shape index (κ1) is 17.9. The summed E-state index contributed by atoms with van der Waals surface area (Å²) in [5.41, 5.74) is 3.07. The van der Waals surface area contributed by atoms with E-state index >= 15 is 0 Å². The highest BCUT2D eigenvalue weighted by Crippen LogP contribution is 2.22. The summed E-state index contributed by atoms with van der Waals surface area (Å²) in [6.45, 7) is 2.12. The van der Waals surface area contributed by atoms with Gasteiger partial charge in [0, 0.05) is 9.26 Å². The Kier molecular flexibility index (Phi) is 6.09. The molecular formula is C18H17IN4OS. The van der Waals surface area contributed by atoms with Gasteiger partial charge in [0.2, 0.25) is 5.91 Å². The first-order chi connectivity index (χ1) is 12.2. The summed E-state index contributed by atoms with van der Waals surface area (Å²) in [7, 11) is 0. The van der Waals surface area contributed by atoms with Crippen molar-refractivity contribution in [3.8, 4) is 5.69 Å². The lowest BCUT2D eigenvalue weighted by atomic mass is 10.1. The molecule has 0 aliphatic rings. The van der Waals surface area contributed by atoms with Crippen LogP contribution in [0.25, 0.3) is 5.69 Å². The van der Waals surface area contributed by atoms with E-state index in [-0.39, 0.29) is 11.7 Å². The van der Waals surface area contributed by atoms with Crippen molar-refractivity contribution in [3.05, 3.63) is 64.0 Å². The van der Waals surface area contributed by atoms with Crippen molar-refractivity contribution in [2.45, 2.75) is 18.5 Å². The molecule has 1 aromatic heterocycles. The highest BCUT2D eigenvalue weighted by atomic mass is 127. The second-order valence-corrected chi connectivity index (χ2v) is 7.50. The zero-order chi connectivity index (χ0) is 17.6. The number of hydrogen-bond acceptors (Lipinski definition) is 4. The minimum atomic E-state index is -0.0645. The summed E-state index contributed by atoms with van der Waals surface area (Å²) in [5, 5.41) is 11.8. The van der Waals surface area contributed by atoms with Crippen LogP contribution < -0.4 is 5.32 Å². The molecule has 0 fully saturated rings. The van der Waals surface area contributed by atoms with E-state index < -0.39 is 0 Å². The molecule has 0 aliphatic heterocycles. The summed E-state index contributed by atoms with van der Waals surface area (Å²) in [6, 6.07) is 15.9. The topological polar surface area (TPSA) is 59.8 Å². The molecule has 0 spiro atoms. The van der Waals surface area contributed by atoms with Crippen LogP contribution in [-0.4, -0.2) is 26.4 Å². The molecule has 0 aliphatic carbocycles. The molecule has 0 saturated carbocycles. The third kappa shape index (κ3) is 4.60. The summed E-state index contributed by atoms with van der Waals surface area (Å²) in [4.78, 5) is 12.2. The Balaban J connectivity index is 1.68. The monoisotopic (exact) mass is 464 g/mol. The number of nitrogens with zero attached hydrogens (tertiary/aromatic N) is 3. The van der Waals surface area contributed by atoms with Gasteiger partial charge in [-0.05, 0) is 58.8 Å². The van der Waals surface area contributed by atoms with Gasteiger partial charge in [-0.25, -0.2) is 0 Å². The predicted molar refractivity (Wildman–Crippen MR) is 109 cm³/mol. The highest BCUT2D eigenvalue weighted by molar-refractivity contribution is 14.1. The van der Waals surface area contributed by atoms with Crippen molar-refractivity contribution in [1.29, 1.82) is 0 Å². The maximum absolute atomic E-state index is 12.2. The average Bonchev–Trinajstić information content (AvgIpc) is 3.08. The number of carbonyl (C=O) groups is 1. The smallest absolute Gasteiger partial charge is 0.234 e. The number of aromatic nitrogens is 3. The van der Waals surface area contributed by atoms with E-state index in [1.54, 1.807) is 6.33 Å². The molecule has 3 aromatic rings. The lowest BCUT2D eigenvalue weighted by Crippen LogP contribution is -2.14. The number of hydrogen-bond donors (Lipinski definition) is 1. The van der Waals surface area contributed by atoms with Gasteiger partial charge in [-0.1, -0.05) is 43.0 Å². The van der Waals surface area contributed by atoms with Gasteiger partial charge >= 0.3 is 0 Å². The number of aryl methyl sites for hydroxylation is 1. The molecule has 1 amide bonds. The van der Waals surface area contributed by atoms with Crippen LogP contribution in [0, 0.1) is 3.57 Å². The van der Waals surface area contributed by atoms with E-state index in [1.807, 2.05) is 47.0 Å². The second kappa shape index (κ2) is 8.48. The maximum Gasteiger partial charge on any atom is 0.234 e. The number of anilines is 1. The van der Waals surface area contributed by atoms with E-state index in [0.717, 1.165) is 21.4 Å². The van der Waals surface area contributed by atoms with E-state index in [9.17, 15) is 4.79 Å². The Labute approximate surface area is 164 Å². The van der Waals surface area contributed by atoms with Crippen LogP contribution in [0.1, 0.15) is 12.5 Å². The highest BCUT2D eigenvalue weighted by Gasteiger charge is 2.12. The number of carbonyl (C=O) groups excluding carboxylic acids is 1. The fourth-order valence-corrected chi connectivity index (χ4v) is 3.69. The summed E-state index contributed by atoms with van der Waals surface area (Å²) in [6.07, 6.45) is 2.61. The third-order valence-corrected chi connectivity index (χ3v) is 5.20. The van der Waals surface area contributed by atoms with Crippen LogP contribution in [-0.2, 0) is 11.2 Å². The predicted octanol–water partition coefficient (Wildman–Crippen LogP) is 4.17. The number of amides is 1. The Hall–Kier alpha value is -1.87. The Bertz CT molecular complexity index is 881.